The third kappa shape index (κ3) is 3.67. The molecular formula is C13H16FN3. The van der Waals surface area contributed by atoms with Gasteiger partial charge in [0.1, 0.15) is 5.82 Å². The Balaban J connectivity index is 1.80. The van der Waals surface area contributed by atoms with Gasteiger partial charge in [-0.3, -0.25) is 0 Å². The standard InChI is InChI=1S/C13H16FN3/c1-10(16-8-13-7-15-9-17-13)6-11-2-4-12(14)5-3-11/h2-5,7,9-10,16H,6,8H2,1H3,(H,15,17). The number of hydrogen-bond acceptors (Lipinski definition) is 2. The quantitative estimate of drug-likeness (QED) is 0.831. The van der Waals surface area contributed by atoms with Crippen molar-refractivity contribution < 1.29 is 4.39 Å². The van der Waals surface area contributed by atoms with E-state index in [0.29, 0.717) is 6.04 Å². The number of imidazole rings is 1. The molecule has 17 heavy (non-hydrogen) atoms. The van der Waals surface area contributed by atoms with Gasteiger partial charge in [0.25, 0.3) is 0 Å². The predicted octanol–water partition coefficient (Wildman–Crippen LogP) is 2.27. The molecule has 0 aliphatic rings. The van der Waals surface area contributed by atoms with Crippen molar-refractivity contribution in [2.45, 2.75) is 25.9 Å². The molecular weight excluding hydrogens is 217 g/mol. The molecule has 0 amide bonds. The van der Waals surface area contributed by atoms with E-state index in [-0.39, 0.29) is 5.82 Å². The Hall–Kier alpha value is -1.68. The van der Waals surface area contributed by atoms with Gasteiger partial charge in [-0.25, -0.2) is 9.37 Å². The Morgan fingerprint density at radius 1 is 1.35 bits per heavy atom. The second kappa shape index (κ2) is 5.59. The maximum atomic E-state index is 12.7. The van der Waals surface area contributed by atoms with E-state index < -0.39 is 0 Å². The van der Waals surface area contributed by atoms with Crippen molar-refractivity contribution in [2.75, 3.05) is 0 Å². The number of aromatic amines is 1. The van der Waals surface area contributed by atoms with Crippen LogP contribution in [0.5, 0.6) is 0 Å². The fourth-order valence-electron chi connectivity index (χ4n) is 1.71. The molecule has 1 atom stereocenters. The molecule has 1 heterocycles. The number of H-pyrrole nitrogens is 1. The summed E-state index contributed by atoms with van der Waals surface area (Å²) in [6.45, 7) is 2.88. The third-order valence-electron chi connectivity index (χ3n) is 2.65. The van der Waals surface area contributed by atoms with Crippen molar-refractivity contribution in [3.63, 3.8) is 0 Å². The first-order chi connectivity index (χ1) is 8.24. The average Bonchev–Trinajstić information content (AvgIpc) is 2.83. The number of hydrogen-bond donors (Lipinski definition) is 2. The fourth-order valence-corrected chi connectivity index (χ4v) is 1.71. The van der Waals surface area contributed by atoms with Crippen molar-refractivity contribution in [1.29, 1.82) is 0 Å². The molecule has 0 saturated heterocycles. The first-order valence-corrected chi connectivity index (χ1v) is 5.69. The van der Waals surface area contributed by atoms with E-state index in [1.165, 1.54) is 12.1 Å². The lowest BCUT2D eigenvalue weighted by molar-refractivity contribution is 0.540. The molecule has 4 heteroatoms. The second-order valence-electron chi connectivity index (χ2n) is 4.19. The van der Waals surface area contributed by atoms with Crippen molar-refractivity contribution in [3.05, 3.63) is 53.9 Å². The molecule has 0 fully saturated rings. The highest BCUT2D eigenvalue weighted by Crippen LogP contribution is 2.06. The number of benzene rings is 1. The normalized spacial score (nSPS) is 12.6. The van der Waals surface area contributed by atoms with Crippen LogP contribution in [0.2, 0.25) is 0 Å². The van der Waals surface area contributed by atoms with Gasteiger partial charge in [0, 0.05) is 24.5 Å². The zero-order valence-electron chi connectivity index (χ0n) is 9.78. The number of nitrogens with one attached hydrogen (secondary N) is 2. The van der Waals surface area contributed by atoms with Crippen molar-refractivity contribution >= 4 is 0 Å². The van der Waals surface area contributed by atoms with E-state index in [4.69, 9.17) is 0 Å². The van der Waals surface area contributed by atoms with Gasteiger partial charge in [-0.15, -0.1) is 0 Å². The first-order valence-electron chi connectivity index (χ1n) is 5.69. The Morgan fingerprint density at radius 3 is 2.76 bits per heavy atom. The van der Waals surface area contributed by atoms with Crippen LogP contribution in [0.15, 0.2) is 36.8 Å². The van der Waals surface area contributed by atoms with E-state index in [1.54, 1.807) is 12.5 Å². The zero-order chi connectivity index (χ0) is 12.1. The monoisotopic (exact) mass is 233 g/mol. The summed E-state index contributed by atoms with van der Waals surface area (Å²) in [5.41, 5.74) is 2.20. The molecule has 0 aliphatic heterocycles. The van der Waals surface area contributed by atoms with Crippen LogP contribution < -0.4 is 5.32 Å². The number of rotatable bonds is 5. The summed E-state index contributed by atoms with van der Waals surface area (Å²) in [7, 11) is 0. The van der Waals surface area contributed by atoms with Crippen molar-refractivity contribution in [2.24, 2.45) is 0 Å². The summed E-state index contributed by atoms with van der Waals surface area (Å²) in [5, 5.41) is 3.38. The minimum absolute atomic E-state index is 0.188. The number of halogens is 1. The van der Waals surface area contributed by atoms with Crippen LogP contribution in [0.3, 0.4) is 0 Å². The molecule has 2 aromatic rings. The third-order valence-corrected chi connectivity index (χ3v) is 2.65. The predicted molar refractivity (Wildman–Crippen MR) is 65.0 cm³/mol. The largest absolute Gasteiger partial charge is 0.347 e. The van der Waals surface area contributed by atoms with E-state index in [9.17, 15) is 4.39 Å². The lowest BCUT2D eigenvalue weighted by Gasteiger charge is -2.13. The van der Waals surface area contributed by atoms with Gasteiger partial charge in [-0.05, 0) is 31.0 Å². The van der Waals surface area contributed by atoms with Gasteiger partial charge in [0.2, 0.25) is 0 Å². The van der Waals surface area contributed by atoms with E-state index in [0.717, 1.165) is 24.2 Å². The highest BCUT2D eigenvalue weighted by molar-refractivity contribution is 5.17. The molecule has 0 bridgehead atoms. The van der Waals surface area contributed by atoms with Gasteiger partial charge in [-0.1, -0.05) is 12.1 Å². The fraction of sp³-hybridized carbons (Fsp3) is 0.308. The summed E-state index contributed by atoms with van der Waals surface area (Å²) in [5.74, 6) is -0.188. The molecule has 0 saturated carbocycles. The average molecular weight is 233 g/mol. The van der Waals surface area contributed by atoms with E-state index in [1.807, 2.05) is 12.1 Å². The molecule has 1 aromatic heterocycles. The molecule has 1 unspecified atom stereocenters. The van der Waals surface area contributed by atoms with Crippen molar-refractivity contribution in [1.82, 2.24) is 15.3 Å². The van der Waals surface area contributed by atoms with E-state index >= 15 is 0 Å². The van der Waals surface area contributed by atoms with Crippen LogP contribution in [0.25, 0.3) is 0 Å². The highest BCUT2D eigenvalue weighted by atomic mass is 19.1. The molecule has 90 valence electrons. The van der Waals surface area contributed by atoms with Crippen LogP contribution in [0.1, 0.15) is 18.2 Å². The Morgan fingerprint density at radius 2 is 2.12 bits per heavy atom. The topological polar surface area (TPSA) is 40.7 Å². The summed E-state index contributed by atoms with van der Waals surface area (Å²) < 4.78 is 12.7. The van der Waals surface area contributed by atoms with Gasteiger partial charge < -0.3 is 10.3 Å². The summed E-state index contributed by atoms with van der Waals surface area (Å²) >= 11 is 0. The molecule has 2 N–H and O–H groups in total. The van der Waals surface area contributed by atoms with Crippen LogP contribution in [0, 0.1) is 5.82 Å². The lowest BCUT2D eigenvalue weighted by atomic mass is 10.1. The van der Waals surface area contributed by atoms with Crippen LogP contribution >= 0.6 is 0 Å². The molecule has 2 rings (SSSR count). The van der Waals surface area contributed by atoms with Gasteiger partial charge >= 0.3 is 0 Å². The number of aromatic nitrogens is 2. The Kier molecular flexibility index (Phi) is 3.88. The van der Waals surface area contributed by atoms with E-state index in [2.05, 4.69) is 22.2 Å². The maximum Gasteiger partial charge on any atom is 0.123 e. The van der Waals surface area contributed by atoms with Gasteiger partial charge in [0.15, 0.2) is 0 Å². The summed E-state index contributed by atoms with van der Waals surface area (Å²) in [6.07, 6.45) is 4.35. The minimum Gasteiger partial charge on any atom is -0.347 e. The maximum absolute atomic E-state index is 12.7. The van der Waals surface area contributed by atoms with Crippen LogP contribution in [-0.4, -0.2) is 16.0 Å². The Labute approximate surface area is 100 Å². The van der Waals surface area contributed by atoms with Gasteiger partial charge in [-0.2, -0.15) is 0 Å². The Bertz CT molecular complexity index is 436. The van der Waals surface area contributed by atoms with Crippen LogP contribution in [-0.2, 0) is 13.0 Å². The lowest BCUT2D eigenvalue weighted by Crippen LogP contribution is -2.27. The van der Waals surface area contributed by atoms with Gasteiger partial charge in [0.05, 0.1) is 6.33 Å². The van der Waals surface area contributed by atoms with Crippen LogP contribution in [0.4, 0.5) is 4.39 Å². The molecule has 0 radical (unpaired) electrons. The molecule has 1 aromatic carbocycles. The number of nitrogens with zero attached hydrogens (tertiary/aromatic N) is 1. The summed E-state index contributed by atoms with van der Waals surface area (Å²) in [4.78, 5) is 7.00. The molecule has 3 nitrogen and oxygen atoms in total. The zero-order valence-corrected chi connectivity index (χ0v) is 9.78. The minimum atomic E-state index is -0.188. The van der Waals surface area contributed by atoms with Crippen molar-refractivity contribution in [3.8, 4) is 0 Å². The SMILES string of the molecule is CC(Cc1ccc(F)cc1)NCc1cnc[nH]1. The second-order valence-corrected chi connectivity index (χ2v) is 4.19. The summed E-state index contributed by atoms with van der Waals surface area (Å²) in [6, 6.07) is 6.98. The molecule has 0 spiro atoms. The first kappa shape index (κ1) is 11.8. The smallest absolute Gasteiger partial charge is 0.123 e. The molecule has 0 aliphatic carbocycles. The highest BCUT2D eigenvalue weighted by Gasteiger charge is 2.03.